The largest absolute Gasteiger partial charge is 0.478 e. The van der Waals surface area contributed by atoms with Gasteiger partial charge in [-0.3, -0.25) is 0 Å². The molecule has 82 valence electrons. The number of hydrogen-bond donors (Lipinski definition) is 1. The molecule has 0 aliphatic heterocycles. The molecule has 0 saturated heterocycles. The van der Waals surface area contributed by atoms with E-state index in [1.165, 1.54) is 12.1 Å². The quantitative estimate of drug-likeness (QED) is 0.381. The summed E-state index contributed by atoms with van der Waals surface area (Å²) in [5.41, 5.74) is 7.50. The lowest BCUT2D eigenvalue weighted by molar-refractivity contribution is -0.132. The number of carboxylic acids is 1. The minimum absolute atomic E-state index is 0.0193. The zero-order chi connectivity index (χ0) is 12.1. The predicted octanol–water partition coefficient (Wildman–Crippen LogP) is 3.21. The van der Waals surface area contributed by atoms with Crippen molar-refractivity contribution in [2.24, 2.45) is 5.11 Å². The molecule has 7 heteroatoms. The molecule has 0 saturated carbocycles. The van der Waals surface area contributed by atoms with Crippen molar-refractivity contribution >= 4 is 23.6 Å². The Hall–Kier alpha value is -2.04. The Labute approximate surface area is 94.4 Å². The fourth-order valence-corrected chi connectivity index (χ4v) is 1.11. The number of aliphatic carboxylic acids is 1. The van der Waals surface area contributed by atoms with Gasteiger partial charge in [-0.1, -0.05) is 22.8 Å². The van der Waals surface area contributed by atoms with Gasteiger partial charge in [0.25, 0.3) is 0 Å². The van der Waals surface area contributed by atoms with E-state index in [-0.39, 0.29) is 10.6 Å². The number of halogens is 2. The molecular weight excluding hydrogens is 237 g/mol. The van der Waals surface area contributed by atoms with Gasteiger partial charge in [0.2, 0.25) is 0 Å². The summed E-state index contributed by atoms with van der Waals surface area (Å²) in [6.45, 7) is 0. The minimum atomic E-state index is -1.44. The van der Waals surface area contributed by atoms with Crippen molar-refractivity contribution in [2.75, 3.05) is 0 Å². The lowest BCUT2D eigenvalue weighted by atomic mass is 10.2. The van der Waals surface area contributed by atoms with Crippen LogP contribution in [0.1, 0.15) is 5.56 Å². The first-order chi connectivity index (χ1) is 7.54. The van der Waals surface area contributed by atoms with E-state index in [4.69, 9.17) is 22.2 Å². The van der Waals surface area contributed by atoms with Crippen LogP contribution in [0.4, 0.5) is 4.39 Å². The number of benzene rings is 1. The van der Waals surface area contributed by atoms with E-state index in [1.807, 2.05) is 0 Å². The van der Waals surface area contributed by atoms with Gasteiger partial charge in [-0.2, -0.15) is 0 Å². The number of carboxylic acid groups (broad SMARTS) is 1. The molecule has 0 atom stereocenters. The second-order valence-electron chi connectivity index (χ2n) is 2.69. The molecule has 0 radical (unpaired) electrons. The SMILES string of the molecule is [N-]=[N+]=N/C(=C\c1ccc(Cl)cc1F)C(=O)O. The average molecular weight is 242 g/mol. The molecule has 0 unspecified atom stereocenters. The van der Waals surface area contributed by atoms with Crippen LogP contribution in [-0.4, -0.2) is 11.1 Å². The van der Waals surface area contributed by atoms with E-state index < -0.39 is 17.5 Å². The Balaban J connectivity index is 3.23. The molecule has 0 fully saturated rings. The lowest BCUT2D eigenvalue weighted by Crippen LogP contribution is -1.97. The number of carbonyl (C=O) groups is 1. The predicted molar refractivity (Wildman–Crippen MR) is 56.2 cm³/mol. The summed E-state index contributed by atoms with van der Waals surface area (Å²) in [7, 11) is 0. The zero-order valence-corrected chi connectivity index (χ0v) is 8.52. The molecule has 1 N–H and O–H groups in total. The topological polar surface area (TPSA) is 86.1 Å². The molecule has 0 spiro atoms. The number of azide groups is 1. The molecule has 0 aliphatic carbocycles. The molecular formula is C9H5ClFN3O2. The Morgan fingerprint density at radius 3 is 2.81 bits per heavy atom. The highest BCUT2D eigenvalue weighted by molar-refractivity contribution is 6.30. The molecule has 0 aliphatic rings. The first-order valence-corrected chi connectivity index (χ1v) is 4.37. The van der Waals surface area contributed by atoms with E-state index >= 15 is 0 Å². The number of nitrogens with zero attached hydrogens (tertiary/aromatic N) is 3. The van der Waals surface area contributed by atoms with Crippen LogP contribution in [0.3, 0.4) is 0 Å². The molecule has 1 aromatic rings. The highest BCUT2D eigenvalue weighted by Crippen LogP contribution is 2.17. The van der Waals surface area contributed by atoms with Crippen LogP contribution in [0.25, 0.3) is 16.5 Å². The molecule has 1 aromatic carbocycles. The molecule has 0 aromatic heterocycles. The van der Waals surface area contributed by atoms with Crippen molar-refractivity contribution in [3.05, 3.63) is 50.7 Å². The lowest BCUT2D eigenvalue weighted by Gasteiger charge is -1.98. The summed E-state index contributed by atoms with van der Waals surface area (Å²) in [5.74, 6) is -2.13. The summed E-state index contributed by atoms with van der Waals surface area (Å²) < 4.78 is 13.3. The number of rotatable bonds is 3. The molecule has 16 heavy (non-hydrogen) atoms. The maximum Gasteiger partial charge on any atom is 0.338 e. The highest BCUT2D eigenvalue weighted by Gasteiger charge is 2.07. The van der Waals surface area contributed by atoms with Gasteiger partial charge < -0.3 is 5.11 Å². The van der Waals surface area contributed by atoms with E-state index in [2.05, 4.69) is 10.0 Å². The summed E-state index contributed by atoms with van der Waals surface area (Å²) >= 11 is 5.52. The Morgan fingerprint density at radius 1 is 1.62 bits per heavy atom. The van der Waals surface area contributed by atoms with Crippen molar-refractivity contribution in [3.63, 3.8) is 0 Å². The Morgan fingerprint density at radius 2 is 2.31 bits per heavy atom. The van der Waals surface area contributed by atoms with Crippen molar-refractivity contribution < 1.29 is 14.3 Å². The van der Waals surface area contributed by atoms with Crippen molar-refractivity contribution in [2.45, 2.75) is 0 Å². The summed E-state index contributed by atoms with van der Waals surface area (Å²) in [4.78, 5) is 12.9. The van der Waals surface area contributed by atoms with Gasteiger partial charge in [-0.05, 0) is 23.7 Å². The third-order valence-corrected chi connectivity index (χ3v) is 1.86. The van der Waals surface area contributed by atoms with E-state index in [9.17, 15) is 9.18 Å². The molecule has 0 bridgehead atoms. The molecule has 5 nitrogen and oxygen atoms in total. The maximum atomic E-state index is 13.3. The monoisotopic (exact) mass is 241 g/mol. The molecule has 0 heterocycles. The Kier molecular flexibility index (Phi) is 3.88. The molecule has 0 amide bonds. The fourth-order valence-electron chi connectivity index (χ4n) is 0.947. The third-order valence-electron chi connectivity index (χ3n) is 1.63. The van der Waals surface area contributed by atoms with E-state index in [0.717, 1.165) is 12.1 Å². The maximum absolute atomic E-state index is 13.3. The van der Waals surface area contributed by atoms with Crippen molar-refractivity contribution in [1.29, 1.82) is 0 Å². The fraction of sp³-hybridized carbons (Fsp3) is 0. The smallest absolute Gasteiger partial charge is 0.338 e. The van der Waals surface area contributed by atoms with Gasteiger partial charge in [-0.15, -0.1) is 0 Å². The highest BCUT2D eigenvalue weighted by atomic mass is 35.5. The van der Waals surface area contributed by atoms with Crippen LogP contribution in [0.2, 0.25) is 5.02 Å². The van der Waals surface area contributed by atoms with Crippen LogP contribution >= 0.6 is 11.6 Å². The van der Waals surface area contributed by atoms with Crippen LogP contribution in [0.5, 0.6) is 0 Å². The van der Waals surface area contributed by atoms with Crippen molar-refractivity contribution in [1.82, 2.24) is 0 Å². The summed E-state index contributed by atoms with van der Waals surface area (Å²) in [5, 5.41) is 11.7. The van der Waals surface area contributed by atoms with Crippen LogP contribution < -0.4 is 0 Å². The first kappa shape index (κ1) is 12.0. The third kappa shape index (κ3) is 2.98. The summed E-state index contributed by atoms with van der Waals surface area (Å²) in [6, 6.07) is 3.71. The average Bonchev–Trinajstić information content (AvgIpc) is 2.20. The van der Waals surface area contributed by atoms with Crippen LogP contribution in [0.15, 0.2) is 29.0 Å². The van der Waals surface area contributed by atoms with Gasteiger partial charge in [-0.25, -0.2) is 9.18 Å². The zero-order valence-electron chi connectivity index (χ0n) is 7.76. The van der Waals surface area contributed by atoms with Gasteiger partial charge in [0.15, 0.2) is 0 Å². The van der Waals surface area contributed by atoms with E-state index in [1.54, 1.807) is 0 Å². The van der Waals surface area contributed by atoms with Gasteiger partial charge in [0.05, 0.1) is 0 Å². The summed E-state index contributed by atoms with van der Waals surface area (Å²) in [6.07, 6.45) is 0.924. The standard InChI is InChI=1S/C9H5ClFN3O2/c10-6-2-1-5(7(11)4-6)3-8(9(15)16)13-14-12/h1-4H,(H,15,16)/b8-3-. The van der Waals surface area contributed by atoms with E-state index in [0.29, 0.717) is 0 Å². The Bertz CT molecular complexity index is 505. The first-order valence-electron chi connectivity index (χ1n) is 3.99. The normalized spacial score (nSPS) is 10.8. The van der Waals surface area contributed by atoms with Crippen molar-refractivity contribution in [3.8, 4) is 0 Å². The van der Waals surface area contributed by atoms with Crippen LogP contribution in [0, 0.1) is 5.82 Å². The number of hydrogen-bond acceptors (Lipinski definition) is 2. The molecule has 1 rings (SSSR count). The second kappa shape index (κ2) is 5.16. The van der Waals surface area contributed by atoms with Gasteiger partial charge in [0, 0.05) is 15.5 Å². The minimum Gasteiger partial charge on any atom is -0.478 e. The van der Waals surface area contributed by atoms with Gasteiger partial charge in [0.1, 0.15) is 11.5 Å². The van der Waals surface area contributed by atoms with Gasteiger partial charge >= 0.3 is 5.97 Å². The van der Waals surface area contributed by atoms with Crippen LogP contribution in [-0.2, 0) is 4.79 Å². The second-order valence-corrected chi connectivity index (χ2v) is 3.13.